The first-order valence-electron chi connectivity index (χ1n) is 11.7. The van der Waals surface area contributed by atoms with Gasteiger partial charge < -0.3 is 10.4 Å². The first-order valence-corrected chi connectivity index (χ1v) is 14.1. The third kappa shape index (κ3) is 6.16. The third-order valence-electron chi connectivity index (χ3n) is 6.52. The number of hydrogen-bond donors (Lipinski definition) is 2. The lowest BCUT2D eigenvalue weighted by Crippen LogP contribution is -2.36. The Bertz CT molecular complexity index is 1610. The fourth-order valence-electron chi connectivity index (χ4n) is 4.63. The van der Waals surface area contributed by atoms with Crippen molar-refractivity contribution in [1.82, 2.24) is 19.8 Å². The zero-order valence-corrected chi connectivity index (χ0v) is 22.8. The topological polar surface area (TPSA) is 122 Å². The van der Waals surface area contributed by atoms with Crippen LogP contribution in [-0.2, 0) is 29.1 Å². The Labute approximate surface area is 231 Å². The van der Waals surface area contributed by atoms with Crippen molar-refractivity contribution in [2.45, 2.75) is 43.5 Å². The fourth-order valence-corrected chi connectivity index (χ4v) is 6.25. The molecule has 0 aliphatic carbocycles. The Balaban J connectivity index is 1.78. The fraction of sp³-hybridized carbons (Fsp3) is 0.375. The Kier molecular flexibility index (Phi) is 8.18. The van der Waals surface area contributed by atoms with Crippen LogP contribution in [0.4, 0.5) is 18.0 Å². The van der Waals surface area contributed by atoms with Crippen molar-refractivity contribution in [2.24, 2.45) is 0 Å². The van der Waals surface area contributed by atoms with E-state index in [1.165, 1.54) is 25.1 Å². The second-order valence-electron chi connectivity index (χ2n) is 9.11. The van der Waals surface area contributed by atoms with E-state index in [-0.39, 0.29) is 62.4 Å². The van der Waals surface area contributed by atoms with Crippen LogP contribution >= 0.6 is 23.2 Å². The molecule has 1 atom stereocenters. The maximum Gasteiger partial charge on any atom is 0.416 e. The van der Waals surface area contributed by atoms with Crippen molar-refractivity contribution in [1.29, 1.82) is 0 Å². The highest BCUT2D eigenvalue weighted by Crippen LogP contribution is 2.39. The summed E-state index contributed by atoms with van der Waals surface area (Å²) in [7, 11) is -3.69. The number of nitrogens with zero attached hydrogens (tertiary/aromatic N) is 3. The molecule has 0 spiro atoms. The SMILES string of the molecule is CCS(=O)(=O)c1ccc(Cl)cc1Cn1cnc2c(Cl)c(CN3CC[C@@H](NC(=O)O)C3)c(C(F)(F)F)cc2c1=O. The molecule has 0 radical (unpaired) electrons. The van der Waals surface area contributed by atoms with Crippen molar-refractivity contribution < 1.29 is 31.5 Å². The van der Waals surface area contributed by atoms with E-state index >= 15 is 0 Å². The summed E-state index contributed by atoms with van der Waals surface area (Å²) in [6.07, 6.45) is -4.56. The molecule has 1 fully saturated rings. The lowest BCUT2D eigenvalue weighted by molar-refractivity contribution is -0.138. The predicted octanol–water partition coefficient (Wildman–Crippen LogP) is 4.41. The van der Waals surface area contributed by atoms with Crippen molar-refractivity contribution in [3.63, 3.8) is 0 Å². The van der Waals surface area contributed by atoms with E-state index in [1.54, 1.807) is 4.90 Å². The summed E-state index contributed by atoms with van der Waals surface area (Å²) in [6.45, 7) is 1.46. The van der Waals surface area contributed by atoms with Crippen LogP contribution in [0, 0.1) is 0 Å². The van der Waals surface area contributed by atoms with Crippen LogP contribution < -0.4 is 10.9 Å². The Hall–Kier alpha value is -2.87. The highest BCUT2D eigenvalue weighted by atomic mass is 35.5. The molecule has 2 N–H and O–H groups in total. The van der Waals surface area contributed by atoms with Crippen LogP contribution in [0.5, 0.6) is 0 Å². The second-order valence-corrected chi connectivity index (χ2v) is 12.2. The second kappa shape index (κ2) is 11.0. The van der Waals surface area contributed by atoms with E-state index in [2.05, 4.69) is 10.3 Å². The molecule has 0 unspecified atom stereocenters. The number of aromatic nitrogens is 2. The molecule has 9 nitrogen and oxygen atoms in total. The highest BCUT2D eigenvalue weighted by molar-refractivity contribution is 7.91. The summed E-state index contributed by atoms with van der Waals surface area (Å²) in [5, 5.41) is 10.7. The van der Waals surface area contributed by atoms with Crippen molar-refractivity contribution in [3.05, 3.63) is 67.7 Å². The van der Waals surface area contributed by atoms with Gasteiger partial charge in [-0.2, -0.15) is 13.2 Å². The van der Waals surface area contributed by atoms with E-state index in [4.69, 9.17) is 28.3 Å². The van der Waals surface area contributed by atoms with Gasteiger partial charge in [0.2, 0.25) is 0 Å². The predicted molar refractivity (Wildman–Crippen MR) is 139 cm³/mol. The van der Waals surface area contributed by atoms with E-state index in [0.29, 0.717) is 19.0 Å². The van der Waals surface area contributed by atoms with Gasteiger partial charge >= 0.3 is 12.3 Å². The third-order valence-corrected chi connectivity index (χ3v) is 9.00. The molecular formula is C24H23Cl2F3N4O5S. The summed E-state index contributed by atoms with van der Waals surface area (Å²) in [5.74, 6) is -0.204. The molecule has 2 aromatic carbocycles. The normalized spacial score (nSPS) is 16.6. The minimum Gasteiger partial charge on any atom is -0.465 e. The molecule has 4 rings (SSSR count). The number of alkyl halides is 3. The quantitative estimate of drug-likeness (QED) is 0.408. The molecule has 1 saturated heterocycles. The van der Waals surface area contributed by atoms with Crippen LogP contribution in [0.15, 0.2) is 40.3 Å². The van der Waals surface area contributed by atoms with E-state index in [9.17, 15) is 31.2 Å². The molecule has 0 bridgehead atoms. The largest absolute Gasteiger partial charge is 0.465 e. The molecule has 1 aliphatic rings. The van der Waals surface area contributed by atoms with Gasteiger partial charge in [-0.25, -0.2) is 18.2 Å². The van der Waals surface area contributed by atoms with Crippen LogP contribution in [-0.4, -0.2) is 59.0 Å². The van der Waals surface area contributed by atoms with Crippen LogP contribution in [0.3, 0.4) is 0 Å². The number of nitrogens with one attached hydrogen (secondary N) is 1. The van der Waals surface area contributed by atoms with Crippen molar-refractivity contribution in [3.8, 4) is 0 Å². The van der Waals surface area contributed by atoms with Gasteiger partial charge in [-0.3, -0.25) is 14.3 Å². The Morgan fingerprint density at radius 3 is 2.59 bits per heavy atom. The summed E-state index contributed by atoms with van der Waals surface area (Å²) < 4.78 is 68.5. The van der Waals surface area contributed by atoms with E-state index in [0.717, 1.165) is 10.9 Å². The molecule has 3 aromatic rings. The first-order chi connectivity index (χ1) is 18.2. The maximum atomic E-state index is 14.1. The number of sulfone groups is 1. The van der Waals surface area contributed by atoms with Crippen molar-refractivity contribution in [2.75, 3.05) is 18.8 Å². The summed E-state index contributed by atoms with van der Waals surface area (Å²) in [6, 6.07) is 4.35. The average molecular weight is 607 g/mol. The smallest absolute Gasteiger partial charge is 0.416 e. The molecule has 1 aromatic heterocycles. The molecule has 15 heteroatoms. The zero-order chi connectivity index (χ0) is 28.7. The number of halogens is 5. The van der Waals surface area contributed by atoms with E-state index in [1.807, 2.05) is 0 Å². The van der Waals surface area contributed by atoms with Gasteiger partial charge in [0, 0.05) is 30.7 Å². The minimum absolute atomic E-state index is 0.0490. The van der Waals surface area contributed by atoms with Gasteiger partial charge in [0.15, 0.2) is 9.84 Å². The molecule has 0 saturated carbocycles. The first kappa shape index (κ1) is 29.1. The van der Waals surface area contributed by atoms with Crippen LogP contribution in [0.2, 0.25) is 10.0 Å². The lowest BCUT2D eigenvalue weighted by Gasteiger charge is -2.22. The van der Waals surface area contributed by atoms with Gasteiger partial charge in [-0.1, -0.05) is 30.1 Å². The molecule has 2 heterocycles. The molecule has 1 aliphatic heterocycles. The summed E-state index contributed by atoms with van der Waals surface area (Å²) >= 11 is 12.5. The molecule has 210 valence electrons. The maximum absolute atomic E-state index is 14.1. The monoisotopic (exact) mass is 606 g/mol. The molecule has 1 amide bonds. The van der Waals surface area contributed by atoms with E-state index < -0.39 is 39.3 Å². The van der Waals surface area contributed by atoms with Crippen molar-refractivity contribution >= 4 is 50.0 Å². The number of amides is 1. The van der Waals surface area contributed by atoms with Gasteiger partial charge in [0.1, 0.15) is 0 Å². The highest BCUT2D eigenvalue weighted by Gasteiger charge is 2.37. The van der Waals surface area contributed by atoms with Gasteiger partial charge in [0.25, 0.3) is 5.56 Å². The molecular weight excluding hydrogens is 584 g/mol. The van der Waals surface area contributed by atoms with Crippen LogP contribution in [0.25, 0.3) is 10.9 Å². The molecule has 39 heavy (non-hydrogen) atoms. The van der Waals surface area contributed by atoms with Crippen LogP contribution in [0.1, 0.15) is 30.0 Å². The van der Waals surface area contributed by atoms with Gasteiger partial charge in [-0.15, -0.1) is 0 Å². The standard InChI is InChI=1S/C24H23Cl2F3N4O5S/c1-2-39(37,38)19-4-3-14(25)7-13(19)9-33-12-30-21-16(22(33)34)8-18(24(27,28)29)17(20(21)26)11-32-6-5-15(10-32)31-23(35)36/h3-4,7-8,12,15,31H,2,5-6,9-11H2,1H3,(H,35,36)/t15-/m1/s1. The Morgan fingerprint density at radius 2 is 1.95 bits per heavy atom. The number of benzene rings is 2. The summed E-state index contributed by atoms with van der Waals surface area (Å²) in [5.41, 5.74) is -2.17. The number of hydrogen-bond acceptors (Lipinski definition) is 6. The average Bonchev–Trinajstić information content (AvgIpc) is 3.27. The van der Waals surface area contributed by atoms with Gasteiger partial charge in [0.05, 0.1) is 45.0 Å². The Morgan fingerprint density at radius 1 is 1.23 bits per heavy atom. The number of fused-ring (bicyclic) bond motifs is 1. The number of rotatable bonds is 7. The zero-order valence-electron chi connectivity index (χ0n) is 20.4. The number of carboxylic acid groups (broad SMARTS) is 1. The summed E-state index contributed by atoms with van der Waals surface area (Å²) in [4.78, 5) is 30.0. The number of likely N-dealkylation sites (tertiary alicyclic amines) is 1. The van der Waals surface area contributed by atoms with Gasteiger partial charge in [-0.05, 0) is 41.8 Å². The minimum atomic E-state index is -4.85. The number of carbonyl (C=O) groups is 1. The lowest BCUT2D eigenvalue weighted by atomic mass is 10.0.